The molecule has 1 saturated heterocycles. The topological polar surface area (TPSA) is 87.1 Å². The Morgan fingerprint density at radius 1 is 0.974 bits per heavy atom. The standard InChI is InChI=1S/C30H24ClNO6/c31-23-7-5-20-6-9-24(32-26(20)16-23)8-4-19-2-1-3-22(14-19)30(37-12-13-38-30)11-10-21-15-27-28(36-18-35-27)17-25(21)29(33)34/h1-9,14-17H,10-13,18H2,(H,33,34)/b8-4+. The van der Waals surface area contributed by atoms with E-state index < -0.39 is 11.8 Å². The van der Waals surface area contributed by atoms with E-state index in [2.05, 4.69) is 4.98 Å². The van der Waals surface area contributed by atoms with E-state index in [0.29, 0.717) is 48.1 Å². The van der Waals surface area contributed by atoms with Gasteiger partial charge in [-0.2, -0.15) is 0 Å². The lowest BCUT2D eigenvalue weighted by Crippen LogP contribution is -2.28. The van der Waals surface area contributed by atoms with Crippen LogP contribution >= 0.6 is 11.6 Å². The summed E-state index contributed by atoms with van der Waals surface area (Å²) in [6.07, 6.45) is 4.80. The van der Waals surface area contributed by atoms with Crippen molar-refractivity contribution in [3.63, 3.8) is 0 Å². The van der Waals surface area contributed by atoms with Gasteiger partial charge in [0.05, 0.1) is 30.0 Å². The minimum atomic E-state index is -1.02. The highest BCUT2D eigenvalue weighted by molar-refractivity contribution is 6.31. The predicted molar refractivity (Wildman–Crippen MR) is 144 cm³/mol. The van der Waals surface area contributed by atoms with Crippen molar-refractivity contribution in [3.05, 3.63) is 99.7 Å². The fourth-order valence-corrected chi connectivity index (χ4v) is 5.03. The van der Waals surface area contributed by atoms with E-state index in [1.165, 1.54) is 6.07 Å². The summed E-state index contributed by atoms with van der Waals surface area (Å²) in [5.74, 6) is -1.01. The molecule has 7 nitrogen and oxygen atoms in total. The average Bonchev–Trinajstić information content (AvgIpc) is 3.60. The van der Waals surface area contributed by atoms with Crippen LogP contribution in [0.15, 0.2) is 66.7 Å². The molecule has 1 aromatic heterocycles. The summed E-state index contributed by atoms with van der Waals surface area (Å²) in [5.41, 5.74) is 4.31. The van der Waals surface area contributed by atoms with E-state index in [1.54, 1.807) is 6.07 Å². The van der Waals surface area contributed by atoms with Crippen molar-refractivity contribution in [2.45, 2.75) is 18.6 Å². The molecule has 0 saturated carbocycles. The van der Waals surface area contributed by atoms with E-state index in [-0.39, 0.29) is 12.4 Å². The van der Waals surface area contributed by atoms with Gasteiger partial charge in [-0.3, -0.25) is 0 Å². The molecule has 3 aromatic carbocycles. The van der Waals surface area contributed by atoms with Crippen LogP contribution in [0.1, 0.15) is 39.2 Å². The maximum Gasteiger partial charge on any atom is 0.336 e. The molecule has 3 heterocycles. The van der Waals surface area contributed by atoms with Gasteiger partial charge < -0.3 is 24.1 Å². The van der Waals surface area contributed by atoms with Crippen LogP contribution in [-0.2, 0) is 21.7 Å². The highest BCUT2D eigenvalue weighted by atomic mass is 35.5. The molecule has 0 unspecified atom stereocenters. The highest BCUT2D eigenvalue weighted by Gasteiger charge is 2.38. The van der Waals surface area contributed by atoms with Gasteiger partial charge in [-0.05, 0) is 60.0 Å². The summed E-state index contributed by atoms with van der Waals surface area (Å²) < 4.78 is 23.1. The van der Waals surface area contributed by atoms with Crippen LogP contribution in [0.25, 0.3) is 23.1 Å². The van der Waals surface area contributed by atoms with Gasteiger partial charge in [-0.15, -0.1) is 0 Å². The largest absolute Gasteiger partial charge is 0.478 e. The van der Waals surface area contributed by atoms with Gasteiger partial charge in [0.25, 0.3) is 0 Å². The van der Waals surface area contributed by atoms with Crippen molar-refractivity contribution in [1.29, 1.82) is 0 Å². The number of halogens is 1. The summed E-state index contributed by atoms with van der Waals surface area (Å²) in [7, 11) is 0. The van der Waals surface area contributed by atoms with E-state index in [4.69, 9.17) is 30.5 Å². The van der Waals surface area contributed by atoms with E-state index in [9.17, 15) is 9.90 Å². The van der Waals surface area contributed by atoms with Crippen LogP contribution in [0, 0.1) is 0 Å². The monoisotopic (exact) mass is 529 g/mol. The van der Waals surface area contributed by atoms with Gasteiger partial charge >= 0.3 is 5.97 Å². The molecule has 0 atom stereocenters. The number of hydrogen-bond donors (Lipinski definition) is 1. The first-order valence-corrected chi connectivity index (χ1v) is 12.7. The maximum absolute atomic E-state index is 11.9. The number of rotatable bonds is 7. The second kappa shape index (κ2) is 10.1. The predicted octanol–water partition coefficient (Wildman–Crippen LogP) is 6.32. The van der Waals surface area contributed by atoms with Crippen LogP contribution in [0.3, 0.4) is 0 Å². The quantitative estimate of drug-likeness (QED) is 0.300. The number of nitrogens with zero attached hydrogens (tertiary/aromatic N) is 1. The van der Waals surface area contributed by atoms with Gasteiger partial charge in [-0.25, -0.2) is 9.78 Å². The van der Waals surface area contributed by atoms with E-state index >= 15 is 0 Å². The molecule has 0 bridgehead atoms. The second-order valence-corrected chi connectivity index (χ2v) is 9.59. The Morgan fingerprint density at radius 2 is 1.76 bits per heavy atom. The fourth-order valence-electron chi connectivity index (χ4n) is 4.86. The van der Waals surface area contributed by atoms with Crippen LogP contribution in [0.4, 0.5) is 0 Å². The molecule has 4 aromatic rings. The van der Waals surface area contributed by atoms with Crippen molar-refractivity contribution in [1.82, 2.24) is 4.98 Å². The first-order valence-electron chi connectivity index (χ1n) is 12.3. The third-order valence-electron chi connectivity index (χ3n) is 6.75. The second-order valence-electron chi connectivity index (χ2n) is 9.15. The lowest BCUT2D eigenvalue weighted by atomic mass is 9.94. The Labute approximate surface area is 224 Å². The number of carboxylic acid groups (broad SMARTS) is 1. The van der Waals surface area contributed by atoms with Crippen LogP contribution in [-0.4, -0.2) is 36.1 Å². The zero-order valence-corrected chi connectivity index (χ0v) is 21.1. The fraction of sp³-hybridized carbons (Fsp3) is 0.200. The van der Waals surface area contributed by atoms with Crippen LogP contribution in [0.2, 0.25) is 5.02 Å². The molecule has 0 radical (unpaired) electrons. The number of carbonyl (C=O) groups is 1. The summed E-state index contributed by atoms with van der Waals surface area (Å²) in [6, 6.07) is 20.8. The van der Waals surface area contributed by atoms with E-state index in [1.807, 2.05) is 66.7 Å². The smallest absolute Gasteiger partial charge is 0.336 e. The Bertz CT molecular complexity index is 1560. The first kappa shape index (κ1) is 24.4. The number of fused-ring (bicyclic) bond motifs is 2. The van der Waals surface area contributed by atoms with Gasteiger partial charge in [-0.1, -0.05) is 48.0 Å². The van der Waals surface area contributed by atoms with Crippen molar-refractivity contribution in [2.75, 3.05) is 20.0 Å². The molecule has 1 fully saturated rings. The number of carboxylic acids is 1. The minimum Gasteiger partial charge on any atom is -0.478 e. The average molecular weight is 530 g/mol. The number of aromatic carboxylic acids is 1. The lowest BCUT2D eigenvalue weighted by molar-refractivity contribution is -0.170. The number of aryl methyl sites for hydroxylation is 1. The zero-order valence-electron chi connectivity index (χ0n) is 20.4. The first-order chi connectivity index (χ1) is 18.5. The number of benzene rings is 3. The zero-order chi connectivity index (χ0) is 26.1. The van der Waals surface area contributed by atoms with Crippen molar-refractivity contribution in [2.24, 2.45) is 0 Å². The molecular formula is C30H24ClNO6. The van der Waals surface area contributed by atoms with Gasteiger partial charge in [0.1, 0.15) is 0 Å². The number of hydrogen-bond acceptors (Lipinski definition) is 6. The summed E-state index contributed by atoms with van der Waals surface area (Å²) in [6.45, 7) is 0.990. The molecule has 38 heavy (non-hydrogen) atoms. The Kier molecular flexibility index (Phi) is 6.49. The van der Waals surface area contributed by atoms with Gasteiger partial charge in [0, 0.05) is 22.4 Å². The third-order valence-corrected chi connectivity index (χ3v) is 6.99. The molecule has 0 amide bonds. The molecular weight excluding hydrogens is 506 g/mol. The summed E-state index contributed by atoms with van der Waals surface area (Å²) in [5, 5.41) is 11.4. The van der Waals surface area contributed by atoms with E-state index in [0.717, 1.165) is 27.7 Å². The van der Waals surface area contributed by atoms with Crippen LogP contribution < -0.4 is 9.47 Å². The van der Waals surface area contributed by atoms with Crippen molar-refractivity contribution < 1.29 is 28.8 Å². The third kappa shape index (κ3) is 4.84. The van der Waals surface area contributed by atoms with Gasteiger partial charge in [0.15, 0.2) is 17.3 Å². The van der Waals surface area contributed by atoms with Crippen molar-refractivity contribution >= 4 is 40.6 Å². The molecule has 0 spiro atoms. The Morgan fingerprint density at radius 3 is 2.58 bits per heavy atom. The van der Waals surface area contributed by atoms with Gasteiger partial charge in [0.2, 0.25) is 6.79 Å². The molecule has 0 aliphatic carbocycles. The molecule has 192 valence electrons. The number of ether oxygens (including phenoxy) is 4. The minimum absolute atomic E-state index is 0.0801. The maximum atomic E-state index is 11.9. The highest BCUT2D eigenvalue weighted by Crippen LogP contribution is 2.39. The lowest BCUT2D eigenvalue weighted by Gasteiger charge is -2.28. The normalized spacial score (nSPS) is 15.9. The number of pyridine rings is 1. The Balaban J connectivity index is 1.25. The molecule has 1 N–H and O–H groups in total. The van der Waals surface area contributed by atoms with Crippen LogP contribution in [0.5, 0.6) is 11.5 Å². The molecule has 2 aliphatic rings. The van der Waals surface area contributed by atoms with Crippen molar-refractivity contribution in [3.8, 4) is 11.5 Å². The molecule has 6 rings (SSSR count). The summed E-state index contributed by atoms with van der Waals surface area (Å²) in [4.78, 5) is 16.6. The Hall–Kier alpha value is -3.91. The summed E-state index contributed by atoms with van der Waals surface area (Å²) >= 11 is 6.13. The molecule has 8 heteroatoms. The SMILES string of the molecule is O=C(O)c1cc2c(cc1CCC1(c3cccc(/C=C/c4ccc5ccc(Cl)cc5n4)c3)OCCO1)OCO2. The molecule has 2 aliphatic heterocycles. The number of aromatic nitrogens is 1.